The SMILES string of the molecule is CC1CCN([C@H](CNCC2=CCCOC2)c2cccs2)CC1. The molecule has 3 nitrogen and oxygen atoms in total. The van der Waals surface area contributed by atoms with Crippen LogP contribution < -0.4 is 5.32 Å². The molecule has 0 saturated carbocycles. The molecule has 2 aliphatic rings. The fourth-order valence-electron chi connectivity index (χ4n) is 3.33. The van der Waals surface area contributed by atoms with Crippen molar-refractivity contribution in [3.05, 3.63) is 34.0 Å². The predicted octanol–water partition coefficient (Wildman–Crippen LogP) is 3.46. The molecule has 2 aliphatic heterocycles. The topological polar surface area (TPSA) is 24.5 Å². The number of thiophene rings is 1. The maximum Gasteiger partial charge on any atom is 0.0689 e. The van der Waals surface area contributed by atoms with Crippen LogP contribution in [0.3, 0.4) is 0 Å². The summed E-state index contributed by atoms with van der Waals surface area (Å²) in [6.07, 6.45) is 6.07. The number of likely N-dealkylation sites (tertiary alicyclic amines) is 1. The lowest BCUT2D eigenvalue weighted by molar-refractivity contribution is 0.135. The van der Waals surface area contributed by atoms with Gasteiger partial charge in [-0.3, -0.25) is 4.90 Å². The molecule has 0 amide bonds. The molecule has 1 aromatic rings. The van der Waals surface area contributed by atoms with Crippen molar-refractivity contribution in [1.29, 1.82) is 0 Å². The van der Waals surface area contributed by atoms with Gasteiger partial charge in [-0.25, -0.2) is 0 Å². The van der Waals surface area contributed by atoms with E-state index in [0.29, 0.717) is 6.04 Å². The van der Waals surface area contributed by atoms with Crippen LogP contribution in [0.25, 0.3) is 0 Å². The standard InChI is InChI=1S/C18H28N2OS/c1-15-6-8-20(9-7-15)17(18-5-3-11-22-18)13-19-12-16-4-2-10-21-14-16/h3-5,11,15,17,19H,2,6-10,12-14H2,1H3/t17-/m1/s1. The van der Waals surface area contributed by atoms with Gasteiger partial charge in [0.25, 0.3) is 0 Å². The summed E-state index contributed by atoms with van der Waals surface area (Å²) in [5.41, 5.74) is 1.41. The molecule has 3 rings (SSSR count). The third kappa shape index (κ3) is 4.42. The van der Waals surface area contributed by atoms with Crippen molar-refractivity contribution < 1.29 is 4.74 Å². The number of ether oxygens (including phenoxy) is 1. The molecule has 0 aliphatic carbocycles. The van der Waals surface area contributed by atoms with Gasteiger partial charge in [0, 0.05) is 18.0 Å². The van der Waals surface area contributed by atoms with Crippen LogP contribution in [0.4, 0.5) is 0 Å². The van der Waals surface area contributed by atoms with Gasteiger partial charge in [-0.05, 0) is 55.3 Å². The Hall–Kier alpha value is -0.680. The molecule has 0 bridgehead atoms. The second kappa shape index (κ2) is 8.25. The number of nitrogens with zero attached hydrogens (tertiary/aromatic N) is 1. The van der Waals surface area contributed by atoms with Gasteiger partial charge in [0.1, 0.15) is 0 Å². The zero-order valence-electron chi connectivity index (χ0n) is 13.6. The van der Waals surface area contributed by atoms with E-state index in [4.69, 9.17) is 4.74 Å². The van der Waals surface area contributed by atoms with Crippen LogP contribution in [0.1, 0.15) is 37.1 Å². The minimum absolute atomic E-state index is 0.526. The second-order valence-corrected chi connectivity index (χ2v) is 7.56. The van der Waals surface area contributed by atoms with E-state index in [-0.39, 0.29) is 0 Å². The van der Waals surface area contributed by atoms with Crippen molar-refractivity contribution in [3.63, 3.8) is 0 Å². The molecular formula is C18H28N2OS. The normalized spacial score (nSPS) is 22.5. The van der Waals surface area contributed by atoms with Crippen LogP contribution >= 0.6 is 11.3 Å². The number of rotatable bonds is 6. The molecule has 0 unspecified atom stereocenters. The van der Waals surface area contributed by atoms with Crippen molar-refractivity contribution >= 4 is 11.3 Å². The van der Waals surface area contributed by atoms with Crippen molar-refractivity contribution in [1.82, 2.24) is 10.2 Å². The maximum atomic E-state index is 5.52. The number of piperidine rings is 1. The van der Waals surface area contributed by atoms with Crippen LogP contribution in [0.15, 0.2) is 29.2 Å². The summed E-state index contributed by atoms with van der Waals surface area (Å²) in [5, 5.41) is 5.87. The van der Waals surface area contributed by atoms with Crippen molar-refractivity contribution in [2.75, 3.05) is 39.4 Å². The highest BCUT2D eigenvalue weighted by molar-refractivity contribution is 7.10. The summed E-state index contributed by atoms with van der Waals surface area (Å²) >= 11 is 1.89. The van der Waals surface area contributed by atoms with E-state index in [1.165, 1.54) is 36.4 Å². The Labute approximate surface area is 138 Å². The van der Waals surface area contributed by atoms with E-state index in [2.05, 4.69) is 40.7 Å². The van der Waals surface area contributed by atoms with Crippen molar-refractivity contribution in [2.24, 2.45) is 5.92 Å². The smallest absolute Gasteiger partial charge is 0.0689 e. The van der Waals surface area contributed by atoms with Gasteiger partial charge in [-0.1, -0.05) is 19.1 Å². The minimum Gasteiger partial charge on any atom is -0.377 e. The fourth-order valence-corrected chi connectivity index (χ4v) is 4.19. The zero-order chi connectivity index (χ0) is 15.2. The van der Waals surface area contributed by atoms with Crippen LogP contribution in [-0.4, -0.2) is 44.3 Å². The molecule has 22 heavy (non-hydrogen) atoms. The Kier molecular flexibility index (Phi) is 6.07. The summed E-state index contributed by atoms with van der Waals surface area (Å²) in [4.78, 5) is 4.17. The third-order valence-corrected chi connectivity index (χ3v) is 5.78. The van der Waals surface area contributed by atoms with Crippen LogP contribution in [0.2, 0.25) is 0 Å². The molecule has 1 atom stereocenters. The summed E-state index contributed by atoms with van der Waals surface area (Å²) < 4.78 is 5.52. The molecule has 4 heteroatoms. The summed E-state index contributed by atoms with van der Waals surface area (Å²) in [6, 6.07) is 4.99. The largest absolute Gasteiger partial charge is 0.377 e. The van der Waals surface area contributed by atoms with Gasteiger partial charge < -0.3 is 10.1 Å². The Morgan fingerprint density at radius 1 is 1.41 bits per heavy atom. The molecule has 1 saturated heterocycles. The first-order valence-electron chi connectivity index (χ1n) is 8.57. The van der Waals surface area contributed by atoms with Gasteiger partial charge in [0.15, 0.2) is 0 Å². The molecule has 1 N–H and O–H groups in total. The quantitative estimate of drug-likeness (QED) is 0.813. The van der Waals surface area contributed by atoms with Crippen molar-refractivity contribution in [2.45, 2.75) is 32.2 Å². The maximum absolute atomic E-state index is 5.52. The highest BCUT2D eigenvalue weighted by Gasteiger charge is 2.25. The van der Waals surface area contributed by atoms with E-state index >= 15 is 0 Å². The van der Waals surface area contributed by atoms with Crippen molar-refractivity contribution in [3.8, 4) is 0 Å². The second-order valence-electron chi connectivity index (χ2n) is 6.58. The van der Waals surface area contributed by atoms with Gasteiger partial charge in [-0.15, -0.1) is 11.3 Å². The molecule has 1 fully saturated rings. The fraction of sp³-hybridized carbons (Fsp3) is 0.667. The Morgan fingerprint density at radius 3 is 2.95 bits per heavy atom. The zero-order valence-corrected chi connectivity index (χ0v) is 14.4. The third-order valence-electron chi connectivity index (χ3n) is 4.80. The summed E-state index contributed by atoms with van der Waals surface area (Å²) in [7, 11) is 0. The van der Waals surface area contributed by atoms with Gasteiger partial charge in [0.2, 0.25) is 0 Å². The van der Waals surface area contributed by atoms with Crippen LogP contribution in [-0.2, 0) is 4.74 Å². The van der Waals surface area contributed by atoms with E-state index in [0.717, 1.165) is 38.6 Å². The first kappa shape index (κ1) is 16.2. The number of hydrogen-bond donors (Lipinski definition) is 1. The highest BCUT2D eigenvalue weighted by atomic mass is 32.1. The molecule has 1 aromatic heterocycles. The molecule has 0 aromatic carbocycles. The molecule has 0 radical (unpaired) electrons. The summed E-state index contributed by atoms with van der Waals surface area (Å²) in [5.74, 6) is 0.887. The Morgan fingerprint density at radius 2 is 2.27 bits per heavy atom. The monoisotopic (exact) mass is 320 g/mol. The first-order valence-corrected chi connectivity index (χ1v) is 9.44. The molecule has 122 valence electrons. The van der Waals surface area contributed by atoms with Gasteiger partial charge in [-0.2, -0.15) is 0 Å². The lowest BCUT2D eigenvalue weighted by Crippen LogP contribution is -2.40. The van der Waals surface area contributed by atoms with Crippen LogP contribution in [0, 0.1) is 5.92 Å². The van der Waals surface area contributed by atoms with E-state index < -0.39 is 0 Å². The van der Waals surface area contributed by atoms with E-state index in [1.54, 1.807) is 0 Å². The molecule has 3 heterocycles. The molecule has 0 spiro atoms. The number of hydrogen-bond acceptors (Lipinski definition) is 4. The van der Waals surface area contributed by atoms with E-state index in [1.807, 2.05) is 11.3 Å². The first-order chi connectivity index (χ1) is 10.8. The lowest BCUT2D eigenvalue weighted by Gasteiger charge is -2.36. The minimum atomic E-state index is 0.526. The Balaban J connectivity index is 1.56. The lowest BCUT2D eigenvalue weighted by atomic mass is 9.97. The summed E-state index contributed by atoms with van der Waals surface area (Å²) in [6.45, 7) is 8.53. The van der Waals surface area contributed by atoms with E-state index in [9.17, 15) is 0 Å². The predicted molar refractivity (Wildman–Crippen MR) is 93.4 cm³/mol. The van der Waals surface area contributed by atoms with Crippen LogP contribution in [0.5, 0.6) is 0 Å². The van der Waals surface area contributed by atoms with Gasteiger partial charge in [0.05, 0.1) is 19.3 Å². The average Bonchev–Trinajstić information content (AvgIpc) is 3.08. The Bertz CT molecular complexity index is 463. The highest BCUT2D eigenvalue weighted by Crippen LogP contribution is 2.29. The number of nitrogens with one attached hydrogen (secondary N) is 1. The average molecular weight is 321 g/mol. The van der Waals surface area contributed by atoms with Gasteiger partial charge >= 0.3 is 0 Å². The molecular weight excluding hydrogens is 292 g/mol.